The smallest absolute Gasteiger partial charge is 0.113 e. The zero-order valence-electron chi connectivity index (χ0n) is 18.8. The van der Waals surface area contributed by atoms with Gasteiger partial charge in [0.15, 0.2) is 0 Å². The van der Waals surface area contributed by atoms with Crippen molar-refractivity contribution in [2.24, 2.45) is 5.92 Å². The zero-order chi connectivity index (χ0) is 21.3. The molecule has 2 aromatic carbocycles. The molecular formula is C26H37N3O. The molecule has 2 unspecified atom stereocenters. The van der Waals surface area contributed by atoms with Gasteiger partial charge < -0.3 is 5.11 Å². The third-order valence-electron chi connectivity index (χ3n) is 5.95. The molecule has 0 saturated carbocycles. The summed E-state index contributed by atoms with van der Waals surface area (Å²) in [6.07, 6.45) is 9.64. The summed E-state index contributed by atoms with van der Waals surface area (Å²) >= 11 is 0. The first-order valence-electron chi connectivity index (χ1n) is 11.7. The Hall–Kier alpha value is -2.20. The molecule has 0 aliphatic heterocycles. The van der Waals surface area contributed by atoms with Crippen LogP contribution in [0.1, 0.15) is 76.8 Å². The Labute approximate surface area is 181 Å². The number of aromatic nitrogens is 3. The molecule has 2 atom stereocenters. The second kappa shape index (κ2) is 11.3. The predicted octanol–water partition coefficient (Wildman–Crippen LogP) is 6.27. The van der Waals surface area contributed by atoms with Crippen LogP contribution in [0, 0.1) is 5.92 Å². The van der Waals surface area contributed by atoms with Crippen molar-refractivity contribution in [2.75, 3.05) is 0 Å². The summed E-state index contributed by atoms with van der Waals surface area (Å²) in [5, 5.41) is 19.8. The maximum atomic E-state index is 10.3. The normalized spacial score (nSPS) is 13.6. The Morgan fingerprint density at radius 1 is 0.900 bits per heavy atom. The number of nitrogens with zero attached hydrogens (tertiary/aromatic N) is 3. The molecule has 0 bridgehead atoms. The van der Waals surface area contributed by atoms with Crippen LogP contribution in [-0.2, 0) is 12.8 Å². The van der Waals surface area contributed by atoms with Gasteiger partial charge in [-0.25, -0.2) is 0 Å². The largest absolute Gasteiger partial charge is 0.393 e. The minimum atomic E-state index is -0.294. The van der Waals surface area contributed by atoms with E-state index in [-0.39, 0.29) is 6.10 Å². The van der Waals surface area contributed by atoms with E-state index in [0.717, 1.165) is 47.5 Å². The molecule has 1 aromatic heterocycles. The highest BCUT2D eigenvalue weighted by atomic mass is 16.3. The summed E-state index contributed by atoms with van der Waals surface area (Å²) < 4.78 is 0. The van der Waals surface area contributed by atoms with Crippen LogP contribution in [0.15, 0.2) is 42.5 Å². The molecule has 0 aliphatic carbocycles. The molecule has 162 valence electrons. The number of hydrogen-bond acceptors (Lipinski definition) is 3. The average molecular weight is 408 g/mol. The Morgan fingerprint density at radius 2 is 1.63 bits per heavy atom. The van der Waals surface area contributed by atoms with E-state index in [1.54, 1.807) is 4.80 Å². The second-order valence-corrected chi connectivity index (χ2v) is 8.73. The Kier molecular flexibility index (Phi) is 8.44. The van der Waals surface area contributed by atoms with Gasteiger partial charge in [-0.3, -0.25) is 0 Å². The molecule has 0 aliphatic rings. The molecule has 0 spiro atoms. The first kappa shape index (κ1) is 22.5. The minimum Gasteiger partial charge on any atom is -0.393 e. The fraction of sp³-hybridized carbons (Fsp3) is 0.538. The molecule has 1 N–H and O–H groups in total. The van der Waals surface area contributed by atoms with E-state index in [2.05, 4.69) is 39.0 Å². The molecule has 0 saturated heterocycles. The molecule has 30 heavy (non-hydrogen) atoms. The molecule has 3 aromatic rings. The monoisotopic (exact) mass is 407 g/mol. The Bertz CT molecular complexity index is 885. The van der Waals surface area contributed by atoms with Gasteiger partial charge in [-0.1, -0.05) is 77.1 Å². The summed E-state index contributed by atoms with van der Waals surface area (Å²) in [7, 11) is 0. The van der Waals surface area contributed by atoms with Crippen molar-refractivity contribution in [3.05, 3.63) is 53.6 Å². The van der Waals surface area contributed by atoms with E-state index in [1.165, 1.54) is 37.7 Å². The maximum Gasteiger partial charge on any atom is 0.113 e. The average Bonchev–Trinajstić information content (AvgIpc) is 3.17. The van der Waals surface area contributed by atoms with Crippen LogP contribution in [0.25, 0.3) is 16.7 Å². The van der Waals surface area contributed by atoms with Crippen molar-refractivity contribution in [3.63, 3.8) is 0 Å². The van der Waals surface area contributed by atoms with Crippen LogP contribution in [-0.4, -0.2) is 26.2 Å². The molecule has 1 heterocycles. The van der Waals surface area contributed by atoms with Gasteiger partial charge in [0, 0.05) is 0 Å². The van der Waals surface area contributed by atoms with Crippen LogP contribution in [0.3, 0.4) is 0 Å². The fourth-order valence-corrected chi connectivity index (χ4v) is 4.10. The topological polar surface area (TPSA) is 50.9 Å². The van der Waals surface area contributed by atoms with Crippen LogP contribution in [0.5, 0.6) is 0 Å². The molecular weight excluding hydrogens is 370 g/mol. The number of aryl methyl sites for hydroxylation is 1. The van der Waals surface area contributed by atoms with Gasteiger partial charge in [0.25, 0.3) is 0 Å². The number of aliphatic hydroxyl groups is 1. The first-order valence-corrected chi connectivity index (χ1v) is 11.7. The zero-order valence-corrected chi connectivity index (χ0v) is 18.8. The molecule has 0 amide bonds. The minimum absolute atomic E-state index is 0.294. The van der Waals surface area contributed by atoms with Gasteiger partial charge in [0.2, 0.25) is 0 Å². The summed E-state index contributed by atoms with van der Waals surface area (Å²) in [5.74, 6) is 0.722. The van der Waals surface area contributed by atoms with Gasteiger partial charge in [-0.2, -0.15) is 4.80 Å². The van der Waals surface area contributed by atoms with Crippen LogP contribution in [0.2, 0.25) is 0 Å². The van der Waals surface area contributed by atoms with E-state index in [0.29, 0.717) is 6.42 Å². The molecule has 0 radical (unpaired) electrons. The summed E-state index contributed by atoms with van der Waals surface area (Å²) in [6, 6.07) is 14.6. The Balaban J connectivity index is 1.83. The lowest BCUT2D eigenvalue weighted by Gasteiger charge is -2.15. The van der Waals surface area contributed by atoms with Crippen LogP contribution in [0.4, 0.5) is 0 Å². The number of benzene rings is 2. The quantitative estimate of drug-likeness (QED) is 0.360. The molecule has 4 heteroatoms. The van der Waals surface area contributed by atoms with Crippen molar-refractivity contribution in [3.8, 4) is 5.69 Å². The van der Waals surface area contributed by atoms with E-state index in [9.17, 15) is 5.11 Å². The number of aliphatic hydroxyl groups excluding tert-OH is 1. The highest BCUT2D eigenvalue weighted by molar-refractivity contribution is 5.73. The second-order valence-electron chi connectivity index (χ2n) is 8.73. The van der Waals surface area contributed by atoms with Gasteiger partial charge in [0.05, 0.1) is 11.8 Å². The predicted molar refractivity (Wildman–Crippen MR) is 125 cm³/mol. The molecule has 4 nitrogen and oxygen atoms in total. The lowest BCUT2D eigenvalue weighted by Crippen LogP contribution is -2.11. The van der Waals surface area contributed by atoms with Gasteiger partial charge in [-0.15, -0.1) is 10.2 Å². The number of hydrogen-bond donors (Lipinski definition) is 1. The van der Waals surface area contributed by atoms with Gasteiger partial charge >= 0.3 is 0 Å². The lowest BCUT2D eigenvalue weighted by molar-refractivity contribution is 0.164. The van der Waals surface area contributed by atoms with Crippen LogP contribution < -0.4 is 0 Å². The fourth-order valence-electron chi connectivity index (χ4n) is 4.10. The standard InChI is InChI=1S/C26H37N3O/c1-4-6-7-11-20(3)14-16-22-17-15-21(18-23(30)10-5-2)19-26(22)29-27-24-12-8-9-13-25(24)28-29/h8-9,12-13,15,17,19-20,23,30H,4-7,10-11,14,16,18H2,1-3H3. The molecule has 0 fully saturated rings. The maximum absolute atomic E-state index is 10.3. The third kappa shape index (κ3) is 6.15. The number of fused-ring (bicyclic) bond motifs is 1. The molecule has 3 rings (SSSR count). The highest BCUT2D eigenvalue weighted by Gasteiger charge is 2.13. The SMILES string of the molecule is CCCCCC(C)CCc1ccc(CC(O)CCC)cc1-n1nc2ccccc2n1. The van der Waals surface area contributed by atoms with Gasteiger partial charge in [0.1, 0.15) is 11.0 Å². The van der Waals surface area contributed by atoms with Crippen molar-refractivity contribution < 1.29 is 5.11 Å². The van der Waals surface area contributed by atoms with Crippen molar-refractivity contribution >= 4 is 11.0 Å². The highest BCUT2D eigenvalue weighted by Crippen LogP contribution is 2.23. The summed E-state index contributed by atoms with van der Waals surface area (Å²) in [5.41, 5.74) is 5.30. The summed E-state index contributed by atoms with van der Waals surface area (Å²) in [4.78, 5) is 1.79. The van der Waals surface area contributed by atoms with Crippen LogP contribution >= 0.6 is 0 Å². The third-order valence-corrected chi connectivity index (χ3v) is 5.95. The van der Waals surface area contributed by atoms with E-state index in [1.807, 2.05) is 24.3 Å². The van der Waals surface area contributed by atoms with Crippen molar-refractivity contribution in [2.45, 2.75) is 84.7 Å². The number of rotatable bonds is 12. The van der Waals surface area contributed by atoms with E-state index in [4.69, 9.17) is 10.2 Å². The van der Waals surface area contributed by atoms with E-state index < -0.39 is 0 Å². The van der Waals surface area contributed by atoms with Crippen molar-refractivity contribution in [1.82, 2.24) is 15.0 Å². The summed E-state index contributed by atoms with van der Waals surface area (Å²) in [6.45, 7) is 6.74. The first-order chi connectivity index (χ1) is 14.6. The van der Waals surface area contributed by atoms with E-state index >= 15 is 0 Å². The number of unbranched alkanes of at least 4 members (excludes halogenated alkanes) is 2. The van der Waals surface area contributed by atoms with Crippen molar-refractivity contribution in [1.29, 1.82) is 0 Å². The van der Waals surface area contributed by atoms with Gasteiger partial charge in [-0.05, 0) is 60.9 Å². The lowest BCUT2D eigenvalue weighted by atomic mass is 9.94. The Morgan fingerprint density at radius 3 is 2.30 bits per heavy atom.